The number of rotatable bonds is 4. The molecule has 1 aromatic rings. The zero-order valence-electron chi connectivity index (χ0n) is 13.5. The number of ether oxygens (including phenoxy) is 1. The molecule has 0 unspecified atom stereocenters. The van der Waals surface area contributed by atoms with Gasteiger partial charge in [0.05, 0.1) is 7.11 Å². The predicted molar refractivity (Wildman–Crippen MR) is 86.0 cm³/mol. The lowest BCUT2D eigenvalue weighted by Gasteiger charge is -2.36. The Morgan fingerprint density at radius 1 is 1.26 bits per heavy atom. The summed E-state index contributed by atoms with van der Waals surface area (Å²) in [4.78, 5) is 27.8. The van der Waals surface area contributed by atoms with E-state index in [0.29, 0.717) is 25.9 Å². The van der Waals surface area contributed by atoms with Crippen LogP contribution >= 0.6 is 0 Å². The molecule has 0 radical (unpaired) electrons. The molecule has 0 saturated carbocycles. The summed E-state index contributed by atoms with van der Waals surface area (Å²) in [5.41, 5.74) is 1.16. The standard InChI is InChI=1S/C17H23N3O3/c1-23-15-5-3-2-4-13(15)12-19-8-10-20(11-9-19)17(22)14-6-7-16(21)18-14/h2-5,14H,6-12H2,1H3,(H,18,21)/t14-/m0/s1. The van der Waals surface area contributed by atoms with Crippen LogP contribution in [0, 0.1) is 0 Å². The lowest BCUT2D eigenvalue weighted by atomic mass is 10.1. The fourth-order valence-corrected chi connectivity index (χ4v) is 3.22. The number of hydrogen-bond acceptors (Lipinski definition) is 4. The maximum Gasteiger partial charge on any atom is 0.245 e. The van der Waals surface area contributed by atoms with Crippen molar-refractivity contribution in [1.29, 1.82) is 0 Å². The third-order valence-corrected chi connectivity index (χ3v) is 4.56. The van der Waals surface area contributed by atoms with Gasteiger partial charge in [0.25, 0.3) is 0 Å². The monoisotopic (exact) mass is 317 g/mol. The molecular formula is C17H23N3O3. The molecule has 6 nitrogen and oxygen atoms in total. The minimum atomic E-state index is -0.316. The van der Waals surface area contributed by atoms with Crippen LogP contribution < -0.4 is 10.1 Å². The molecule has 3 rings (SSSR count). The van der Waals surface area contributed by atoms with E-state index in [1.54, 1.807) is 7.11 Å². The maximum atomic E-state index is 12.4. The van der Waals surface area contributed by atoms with Crippen LogP contribution in [-0.2, 0) is 16.1 Å². The molecule has 2 saturated heterocycles. The van der Waals surface area contributed by atoms with E-state index in [0.717, 1.165) is 30.9 Å². The zero-order chi connectivity index (χ0) is 16.2. The van der Waals surface area contributed by atoms with Gasteiger partial charge in [-0.15, -0.1) is 0 Å². The van der Waals surface area contributed by atoms with E-state index in [1.807, 2.05) is 23.1 Å². The Kier molecular flexibility index (Phi) is 4.81. The molecule has 0 bridgehead atoms. The minimum absolute atomic E-state index is 0.0156. The van der Waals surface area contributed by atoms with Gasteiger partial charge in [-0.2, -0.15) is 0 Å². The Bertz CT molecular complexity index is 582. The van der Waals surface area contributed by atoms with Crippen LogP contribution in [-0.4, -0.2) is 60.9 Å². The Morgan fingerprint density at radius 3 is 2.65 bits per heavy atom. The first kappa shape index (κ1) is 15.8. The van der Waals surface area contributed by atoms with Crippen molar-refractivity contribution in [1.82, 2.24) is 15.1 Å². The highest BCUT2D eigenvalue weighted by molar-refractivity contribution is 5.90. The molecular weight excluding hydrogens is 294 g/mol. The summed E-state index contributed by atoms with van der Waals surface area (Å²) in [5.74, 6) is 0.950. The second-order valence-electron chi connectivity index (χ2n) is 6.07. The summed E-state index contributed by atoms with van der Waals surface area (Å²) in [6.45, 7) is 3.92. The molecule has 6 heteroatoms. The lowest BCUT2D eigenvalue weighted by Crippen LogP contribution is -2.53. The van der Waals surface area contributed by atoms with Gasteiger partial charge in [0, 0.05) is 44.7 Å². The first-order chi connectivity index (χ1) is 11.2. The molecule has 2 amide bonds. The van der Waals surface area contributed by atoms with Gasteiger partial charge < -0.3 is 15.0 Å². The molecule has 2 fully saturated rings. The third-order valence-electron chi connectivity index (χ3n) is 4.56. The number of methoxy groups -OCH3 is 1. The number of carbonyl (C=O) groups excluding carboxylic acids is 2. The number of piperazine rings is 1. The average Bonchev–Trinajstić information content (AvgIpc) is 3.02. The summed E-state index contributed by atoms with van der Waals surface area (Å²) in [5, 5.41) is 2.76. The van der Waals surface area contributed by atoms with E-state index in [1.165, 1.54) is 0 Å². The Balaban J connectivity index is 1.52. The first-order valence-electron chi connectivity index (χ1n) is 8.10. The number of para-hydroxylation sites is 1. The van der Waals surface area contributed by atoms with Crippen molar-refractivity contribution >= 4 is 11.8 Å². The van der Waals surface area contributed by atoms with Gasteiger partial charge in [0.15, 0.2) is 0 Å². The first-order valence-corrected chi connectivity index (χ1v) is 8.10. The second kappa shape index (κ2) is 7.00. The molecule has 2 aliphatic heterocycles. The Hall–Kier alpha value is -2.08. The quantitative estimate of drug-likeness (QED) is 0.884. The predicted octanol–water partition coefficient (Wildman–Crippen LogP) is 0.618. The van der Waals surface area contributed by atoms with Crippen LogP contribution in [0.4, 0.5) is 0 Å². The molecule has 0 aromatic heterocycles. The smallest absolute Gasteiger partial charge is 0.245 e. The molecule has 1 N–H and O–H groups in total. The van der Waals surface area contributed by atoms with Crippen molar-refractivity contribution in [2.24, 2.45) is 0 Å². The normalized spacial score (nSPS) is 22.0. The van der Waals surface area contributed by atoms with E-state index in [9.17, 15) is 9.59 Å². The van der Waals surface area contributed by atoms with Crippen LogP contribution in [0.3, 0.4) is 0 Å². The highest BCUT2D eigenvalue weighted by Crippen LogP contribution is 2.20. The molecule has 1 atom stereocenters. The fourth-order valence-electron chi connectivity index (χ4n) is 3.22. The fraction of sp³-hybridized carbons (Fsp3) is 0.529. The second-order valence-corrected chi connectivity index (χ2v) is 6.07. The summed E-state index contributed by atoms with van der Waals surface area (Å²) < 4.78 is 5.39. The number of nitrogens with zero attached hydrogens (tertiary/aromatic N) is 2. The molecule has 124 valence electrons. The largest absolute Gasteiger partial charge is 0.496 e. The number of amides is 2. The number of nitrogens with one attached hydrogen (secondary N) is 1. The third kappa shape index (κ3) is 3.64. The molecule has 2 heterocycles. The van der Waals surface area contributed by atoms with Gasteiger partial charge in [-0.3, -0.25) is 14.5 Å². The highest BCUT2D eigenvalue weighted by Gasteiger charge is 2.32. The van der Waals surface area contributed by atoms with Crippen LogP contribution in [0.25, 0.3) is 0 Å². The van der Waals surface area contributed by atoms with Gasteiger partial charge in [-0.05, 0) is 12.5 Å². The molecule has 2 aliphatic rings. The van der Waals surface area contributed by atoms with E-state index in [2.05, 4.69) is 16.3 Å². The molecule has 0 spiro atoms. The van der Waals surface area contributed by atoms with Gasteiger partial charge in [0.1, 0.15) is 11.8 Å². The summed E-state index contributed by atoms with van der Waals surface area (Å²) in [6.07, 6.45) is 1.09. The highest BCUT2D eigenvalue weighted by atomic mass is 16.5. The van der Waals surface area contributed by atoms with Crippen LogP contribution in [0.2, 0.25) is 0 Å². The number of benzene rings is 1. The topological polar surface area (TPSA) is 61.9 Å². The van der Waals surface area contributed by atoms with Crippen LogP contribution in [0.5, 0.6) is 5.75 Å². The van der Waals surface area contributed by atoms with Crippen LogP contribution in [0.15, 0.2) is 24.3 Å². The van der Waals surface area contributed by atoms with Crippen molar-refractivity contribution < 1.29 is 14.3 Å². The SMILES string of the molecule is COc1ccccc1CN1CCN(C(=O)[C@@H]2CCC(=O)N2)CC1. The van der Waals surface area contributed by atoms with E-state index in [-0.39, 0.29) is 17.9 Å². The average molecular weight is 317 g/mol. The maximum absolute atomic E-state index is 12.4. The van der Waals surface area contributed by atoms with E-state index >= 15 is 0 Å². The van der Waals surface area contributed by atoms with Crippen LogP contribution in [0.1, 0.15) is 18.4 Å². The molecule has 0 aliphatic carbocycles. The van der Waals surface area contributed by atoms with Crippen molar-refractivity contribution in [3.63, 3.8) is 0 Å². The number of hydrogen-bond donors (Lipinski definition) is 1. The van der Waals surface area contributed by atoms with E-state index in [4.69, 9.17) is 4.74 Å². The number of carbonyl (C=O) groups is 2. The van der Waals surface area contributed by atoms with Crippen molar-refractivity contribution in [3.05, 3.63) is 29.8 Å². The molecule has 1 aromatic carbocycles. The Labute approximate surface area is 136 Å². The van der Waals surface area contributed by atoms with Crippen molar-refractivity contribution in [3.8, 4) is 5.75 Å². The van der Waals surface area contributed by atoms with Gasteiger partial charge >= 0.3 is 0 Å². The van der Waals surface area contributed by atoms with Gasteiger partial charge in [0.2, 0.25) is 11.8 Å². The summed E-state index contributed by atoms with van der Waals surface area (Å²) >= 11 is 0. The zero-order valence-corrected chi connectivity index (χ0v) is 13.5. The van der Waals surface area contributed by atoms with Gasteiger partial charge in [-0.25, -0.2) is 0 Å². The van der Waals surface area contributed by atoms with E-state index < -0.39 is 0 Å². The summed E-state index contributed by atoms with van der Waals surface area (Å²) in [7, 11) is 1.69. The van der Waals surface area contributed by atoms with Crippen molar-refractivity contribution in [2.45, 2.75) is 25.4 Å². The molecule has 23 heavy (non-hydrogen) atoms. The Morgan fingerprint density at radius 2 is 2.00 bits per heavy atom. The van der Waals surface area contributed by atoms with Gasteiger partial charge in [-0.1, -0.05) is 18.2 Å². The lowest BCUT2D eigenvalue weighted by molar-refractivity contribution is -0.136. The summed E-state index contributed by atoms with van der Waals surface area (Å²) in [6, 6.07) is 7.71. The minimum Gasteiger partial charge on any atom is -0.496 e. The van der Waals surface area contributed by atoms with Crippen molar-refractivity contribution in [2.75, 3.05) is 33.3 Å².